The van der Waals surface area contributed by atoms with E-state index in [1.807, 2.05) is 57.2 Å². The second-order valence-electron chi connectivity index (χ2n) is 6.88. The molecule has 2 N–H and O–H groups in total. The van der Waals surface area contributed by atoms with Gasteiger partial charge in [-0.05, 0) is 32.9 Å². The van der Waals surface area contributed by atoms with Crippen molar-refractivity contribution in [1.82, 2.24) is 10.3 Å². The molecule has 0 bridgehead atoms. The highest BCUT2D eigenvalue weighted by Gasteiger charge is 2.15. The normalized spacial score (nSPS) is 11.5. The molecule has 0 saturated carbocycles. The SMILES string of the molecule is CC(C)(C)OC(=O)NCCNc1c2ccccc2nc2ccccc12. The van der Waals surface area contributed by atoms with Crippen LogP contribution in [0.3, 0.4) is 0 Å². The van der Waals surface area contributed by atoms with Crippen molar-refractivity contribution in [3.05, 3.63) is 48.5 Å². The third kappa shape index (κ3) is 4.18. The number of rotatable bonds is 4. The number of amides is 1. The number of carbonyl (C=O) groups is 1. The Hall–Kier alpha value is -2.82. The Labute approximate surface area is 147 Å². The van der Waals surface area contributed by atoms with Crippen LogP contribution in [0, 0.1) is 0 Å². The summed E-state index contributed by atoms with van der Waals surface area (Å²) in [6.45, 7) is 6.61. The van der Waals surface area contributed by atoms with Gasteiger partial charge in [0.05, 0.1) is 16.7 Å². The summed E-state index contributed by atoms with van der Waals surface area (Å²) in [5.74, 6) is 0. The second-order valence-corrected chi connectivity index (χ2v) is 6.88. The number of pyridine rings is 1. The molecule has 0 radical (unpaired) electrons. The first-order chi connectivity index (χ1) is 11.9. The Bertz CT molecular complexity index is 846. The van der Waals surface area contributed by atoms with Crippen molar-refractivity contribution in [2.24, 2.45) is 0 Å². The number of hydrogen-bond donors (Lipinski definition) is 2. The van der Waals surface area contributed by atoms with Crippen LogP contribution in [0.15, 0.2) is 48.5 Å². The van der Waals surface area contributed by atoms with Gasteiger partial charge >= 0.3 is 6.09 Å². The van der Waals surface area contributed by atoms with Crippen LogP contribution in [0.5, 0.6) is 0 Å². The van der Waals surface area contributed by atoms with Crippen molar-refractivity contribution in [3.8, 4) is 0 Å². The van der Waals surface area contributed by atoms with E-state index in [4.69, 9.17) is 9.72 Å². The van der Waals surface area contributed by atoms with Gasteiger partial charge in [-0.2, -0.15) is 0 Å². The lowest BCUT2D eigenvalue weighted by Crippen LogP contribution is -2.35. The predicted molar refractivity (Wildman–Crippen MR) is 102 cm³/mol. The van der Waals surface area contributed by atoms with Gasteiger partial charge in [0.15, 0.2) is 0 Å². The molecule has 1 heterocycles. The lowest BCUT2D eigenvalue weighted by Gasteiger charge is -2.20. The van der Waals surface area contributed by atoms with Gasteiger partial charge in [-0.15, -0.1) is 0 Å². The highest BCUT2D eigenvalue weighted by atomic mass is 16.6. The van der Waals surface area contributed by atoms with Crippen molar-refractivity contribution in [2.45, 2.75) is 26.4 Å². The summed E-state index contributed by atoms with van der Waals surface area (Å²) in [6, 6.07) is 16.1. The maximum absolute atomic E-state index is 11.7. The van der Waals surface area contributed by atoms with Gasteiger partial charge in [0.25, 0.3) is 0 Å². The summed E-state index contributed by atoms with van der Waals surface area (Å²) in [6.07, 6.45) is -0.404. The van der Waals surface area contributed by atoms with Crippen molar-refractivity contribution in [3.63, 3.8) is 0 Å². The van der Waals surface area contributed by atoms with Crippen LogP contribution in [0.2, 0.25) is 0 Å². The Morgan fingerprint density at radius 3 is 2.08 bits per heavy atom. The molecule has 25 heavy (non-hydrogen) atoms. The first-order valence-corrected chi connectivity index (χ1v) is 8.42. The van der Waals surface area contributed by atoms with E-state index in [1.54, 1.807) is 0 Å². The molecule has 3 aromatic rings. The van der Waals surface area contributed by atoms with E-state index in [0.717, 1.165) is 27.5 Å². The number of nitrogens with one attached hydrogen (secondary N) is 2. The van der Waals surface area contributed by atoms with E-state index in [-0.39, 0.29) is 0 Å². The number of para-hydroxylation sites is 2. The monoisotopic (exact) mass is 337 g/mol. The average molecular weight is 337 g/mol. The Kier molecular flexibility index (Phi) is 4.74. The minimum absolute atomic E-state index is 0.404. The highest BCUT2D eigenvalue weighted by molar-refractivity contribution is 6.07. The molecule has 1 amide bonds. The zero-order chi connectivity index (χ0) is 17.9. The number of carbonyl (C=O) groups excluding carboxylic acids is 1. The summed E-state index contributed by atoms with van der Waals surface area (Å²) < 4.78 is 5.24. The fourth-order valence-electron chi connectivity index (χ4n) is 2.70. The quantitative estimate of drug-likeness (QED) is 0.549. The van der Waals surface area contributed by atoms with E-state index in [0.29, 0.717) is 13.1 Å². The molecule has 0 spiro atoms. The van der Waals surface area contributed by atoms with Gasteiger partial charge in [-0.25, -0.2) is 9.78 Å². The molecular formula is C20H23N3O2. The molecule has 0 aliphatic rings. The lowest BCUT2D eigenvalue weighted by molar-refractivity contribution is 0.0530. The van der Waals surface area contributed by atoms with Crippen LogP contribution in [0.4, 0.5) is 10.5 Å². The molecule has 5 heteroatoms. The second kappa shape index (κ2) is 6.97. The van der Waals surface area contributed by atoms with Gasteiger partial charge in [-0.3, -0.25) is 0 Å². The number of benzene rings is 2. The highest BCUT2D eigenvalue weighted by Crippen LogP contribution is 2.30. The Morgan fingerprint density at radius 2 is 1.52 bits per heavy atom. The molecule has 3 rings (SSSR count). The summed E-state index contributed by atoms with van der Waals surface area (Å²) in [7, 11) is 0. The fraction of sp³-hybridized carbons (Fsp3) is 0.300. The van der Waals surface area contributed by atoms with E-state index < -0.39 is 11.7 Å². The topological polar surface area (TPSA) is 63.2 Å². The maximum Gasteiger partial charge on any atom is 0.407 e. The number of nitrogens with zero attached hydrogens (tertiary/aromatic N) is 1. The fourth-order valence-corrected chi connectivity index (χ4v) is 2.70. The van der Waals surface area contributed by atoms with Crippen LogP contribution >= 0.6 is 0 Å². The summed E-state index contributed by atoms with van der Waals surface area (Å²) >= 11 is 0. The third-order valence-corrected chi connectivity index (χ3v) is 3.68. The average Bonchev–Trinajstić information content (AvgIpc) is 2.56. The van der Waals surface area contributed by atoms with Crippen molar-refractivity contribution >= 4 is 33.6 Å². The molecule has 130 valence electrons. The predicted octanol–water partition coefficient (Wildman–Crippen LogP) is 4.32. The summed E-state index contributed by atoms with van der Waals surface area (Å²) in [5.41, 5.74) is 2.44. The van der Waals surface area contributed by atoms with Crippen LogP contribution in [-0.4, -0.2) is 29.8 Å². The Balaban J connectivity index is 1.75. The summed E-state index contributed by atoms with van der Waals surface area (Å²) in [5, 5.41) is 8.34. The zero-order valence-corrected chi connectivity index (χ0v) is 14.8. The molecule has 0 unspecified atom stereocenters. The third-order valence-electron chi connectivity index (χ3n) is 3.68. The molecule has 0 fully saturated rings. The number of anilines is 1. The van der Waals surface area contributed by atoms with E-state index in [1.165, 1.54) is 0 Å². The molecular weight excluding hydrogens is 314 g/mol. The minimum Gasteiger partial charge on any atom is -0.444 e. The largest absolute Gasteiger partial charge is 0.444 e. The number of hydrogen-bond acceptors (Lipinski definition) is 4. The molecule has 1 aromatic heterocycles. The molecule has 0 atom stereocenters. The molecule has 0 saturated heterocycles. The van der Waals surface area contributed by atoms with Crippen LogP contribution in [0.1, 0.15) is 20.8 Å². The van der Waals surface area contributed by atoms with Gasteiger partial charge < -0.3 is 15.4 Å². The Morgan fingerprint density at radius 1 is 0.960 bits per heavy atom. The number of fused-ring (bicyclic) bond motifs is 2. The van der Waals surface area contributed by atoms with E-state index in [9.17, 15) is 4.79 Å². The smallest absolute Gasteiger partial charge is 0.407 e. The first kappa shape index (κ1) is 17.0. The number of aromatic nitrogens is 1. The minimum atomic E-state index is -0.491. The van der Waals surface area contributed by atoms with E-state index >= 15 is 0 Å². The standard InChI is InChI=1S/C20H23N3O2/c1-20(2,3)25-19(24)22-13-12-21-18-14-8-4-6-10-16(14)23-17-11-7-5-9-15(17)18/h4-11H,12-13H2,1-3H3,(H,21,23)(H,22,24). The maximum atomic E-state index is 11.7. The lowest BCUT2D eigenvalue weighted by atomic mass is 10.1. The van der Waals surface area contributed by atoms with Crippen LogP contribution in [0.25, 0.3) is 21.8 Å². The van der Waals surface area contributed by atoms with Crippen LogP contribution < -0.4 is 10.6 Å². The van der Waals surface area contributed by atoms with E-state index in [2.05, 4.69) is 22.8 Å². The summed E-state index contributed by atoms with van der Waals surface area (Å²) in [4.78, 5) is 16.4. The van der Waals surface area contributed by atoms with Crippen molar-refractivity contribution < 1.29 is 9.53 Å². The van der Waals surface area contributed by atoms with Crippen molar-refractivity contribution in [2.75, 3.05) is 18.4 Å². The van der Waals surface area contributed by atoms with Gasteiger partial charge in [0.1, 0.15) is 5.60 Å². The van der Waals surface area contributed by atoms with Crippen molar-refractivity contribution in [1.29, 1.82) is 0 Å². The van der Waals surface area contributed by atoms with Gasteiger partial charge in [0.2, 0.25) is 0 Å². The molecule has 0 aliphatic heterocycles. The van der Waals surface area contributed by atoms with Crippen LogP contribution in [-0.2, 0) is 4.74 Å². The zero-order valence-electron chi connectivity index (χ0n) is 14.8. The molecule has 2 aromatic carbocycles. The number of ether oxygens (including phenoxy) is 1. The first-order valence-electron chi connectivity index (χ1n) is 8.42. The van der Waals surface area contributed by atoms with Gasteiger partial charge in [-0.1, -0.05) is 36.4 Å². The number of alkyl carbamates (subject to hydrolysis) is 1. The van der Waals surface area contributed by atoms with Gasteiger partial charge in [0, 0.05) is 23.9 Å². The molecule has 5 nitrogen and oxygen atoms in total. The molecule has 0 aliphatic carbocycles.